The Morgan fingerprint density at radius 3 is 2.89 bits per heavy atom. The third-order valence-corrected chi connectivity index (χ3v) is 4.82. The lowest BCUT2D eigenvalue weighted by Gasteiger charge is -2.44. The van der Waals surface area contributed by atoms with E-state index in [9.17, 15) is 0 Å². The fourth-order valence-corrected chi connectivity index (χ4v) is 3.58. The highest BCUT2D eigenvalue weighted by Gasteiger charge is 2.40. The third kappa shape index (κ3) is 2.64. The molecule has 104 valence electrons. The van der Waals surface area contributed by atoms with Crippen molar-refractivity contribution in [3.63, 3.8) is 0 Å². The molecule has 2 aliphatic rings. The summed E-state index contributed by atoms with van der Waals surface area (Å²) in [6.07, 6.45) is 6.71. The van der Waals surface area contributed by atoms with Crippen LogP contribution in [0.25, 0.3) is 0 Å². The van der Waals surface area contributed by atoms with Crippen molar-refractivity contribution in [2.75, 3.05) is 19.7 Å². The van der Waals surface area contributed by atoms with E-state index in [4.69, 9.17) is 4.74 Å². The van der Waals surface area contributed by atoms with Crippen LogP contribution in [0.15, 0.2) is 24.3 Å². The fraction of sp³-hybridized carbons (Fsp3) is 0.647. The molecule has 0 aromatic heterocycles. The van der Waals surface area contributed by atoms with Gasteiger partial charge in [-0.1, -0.05) is 31.5 Å². The van der Waals surface area contributed by atoms with Crippen molar-refractivity contribution in [2.24, 2.45) is 5.41 Å². The van der Waals surface area contributed by atoms with E-state index in [1.807, 2.05) is 0 Å². The number of nitrogens with one attached hydrogen (secondary N) is 1. The molecule has 2 nitrogen and oxygen atoms in total. The standard InChI is InChI=1S/C17H25NO/c1-2-10-18-13-17(8-5-9-17)11-14-12-19-16-7-4-3-6-15(14)16/h3-4,6-7,14,18H,2,5,8-13H2,1H3. The largest absolute Gasteiger partial charge is 0.493 e. The van der Waals surface area contributed by atoms with E-state index in [1.54, 1.807) is 0 Å². The highest BCUT2D eigenvalue weighted by atomic mass is 16.5. The summed E-state index contributed by atoms with van der Waals surface area (Å²) in [6, 6.07) is 8.57. The van der Waals surface area contributed by atoms with Crippen molar-refractivity contribution in [3.8, 4) is 5.75 Å². The molecule has 2 heteroatoms. The lowest BCUT2D eigenvalue weighted by Crippen LogP contribution is -2.41. The number of hydrogen-bond donors (Lipinski definition) is 1. The molecule has 1 fully saturated rings. The number of hydrogen-bond acceptors (Lipinski definition) is 2. The van der Waals surface area contributed by atoms with Crippen molar-refractivity contribution < 1.29 is 4.74 Å². The number of benzene rings is 1. The number of fused-ring (bicyclic) bond motifs is 1. The lowest BCUT2D eigenvalue weighted by molar-refractivity contribution is 0.101. The molecule has 1 unspecified atom stereocenters. The van der Waals surface area contributed by atoms with Gasteiger partial charge in [0.2, 0.25) is 0 Å². The smallest absolute Gasteiger partial charge is 0.122 e. The van der Waals surface area contributed by atoms with Crippen molar-refractivity contribution in [1.29, 1.82) is 0 Å². The van der Waals surface area contributed by atoms with E-state index in [0.717, 1.165) is 18.9 Å². The zero-order valence-electron chi connectivity index (χ0n) is 12.0. The molecule has 1 aliphatic carbocycles. The van der Waals surface area contributed by atoms with Gasteiger partial charge in [-0.05, 0) is 43.7 Å². The van der Waals surface area contributed by atoms with Crippen molar-refractivity contribution in [1.82, 2.24) is 5.32 Å². The molecule has 1 aliphatic heterocycles. The Morgan fingerprint density at radius 1 is 1.32 bits per heavy atom. The lowest BCUT2D eigenvalue weighted by atomic mass is 9.63. The van der Waals surface area contributed by atoms with Crippen molar-refractivity contribution in [2.45, 2.75) is 44.9 Å². The highest BCUT2D eigenvalue weighted by Crippen LogP contribution is 2.49. The second-order valence-corrected chi connectivity index (χ2v) is 6.28. The number of ether oxygens (including phenoxy) is 1. The van der Waals surface area contributed by atoms with Crippen LogP contribution >= 0.6 is 0 Å². The van der Waals surface area contributed by atoms with Gasteiger partial charge in [0.05, 0.1) is 6.61 Å². The van der Waals surface area contributed by atoms with E-state index in [2.05, 4.69) is 36.5 Å². The molecule has 3 rings (SSSR count). The minimum atomic E-state index is 0.542. The van der Waals surface area contributed by atoms with Crippen LogP contribution in [-0.4, -0.2) is 19.7 Å². The molecule has 1 aromatic rings. The van der Waals surface area contributed by atoms with Crippen LogP contribution in [0.1, 0.15) is 50.5 Å². The predicted molar refractivity (Wildman–Crippen MR) is 78.7 cm³/mol. The Balaban J connectivity index is 1.64. The summed E-state index contributed by atoms with van der Waals surface area (Å²) in [5.74, 6) is 1.73. The molecule has 1 heterocycles. The predicted octanol–water partition coefficient (Wildman–Crippen LogP) is 3.72. The Morgan fingerprint density at radius 2 is 2.16 bits per heavy atom. The number of rotatable bonds is 6. The zero-order valence-corrected chi connectivity index (χ0v) is 12.0. The Labute approximate surface area is 116 Å². The summed E-state index contributed by atoms with van der Waals surface area (Å²) in [5, 5.41) is 3.63. The average molecular weight is 259 g/mol. The Kier molecular flexibility index (Phi) is 3.79. The Bertz CT molecular complexity index is 425. The van der Waals surface area contributed by atoms with E-state index in [0.29, 0.717) is 11.3 Å². The maximum absolute atomic E-state index is 5.83. The van der Waals surface area contributed by atoms with Crippen LogP contribution in [0.5, 0.6) is 5.75 Å². The van der Waals surface area contributed by atoms with E-state index in [-0.39, 0.29) is 0 Å². The quantitative estimate of drug-likeness (QED) is 0.786. The van der Waals surface area contributed by atoms with E-state index in [1.165, 1.54) is 44.2 Å². The molecule has 1 aromatic carbocycles. The SMILES string of the molecule is CCCNCC1(CC2COc3ccccc32)CCC1. The molecule has 1 atom stereocenters. The molecular weight excluding hydrogens is 234 g/mol. The maximum atomic E-state index is 5.83. The van der Waals surface area contributed by atoms with Gasteiger partial charge in [0.1, 0.15) is 5.75 Å². The van der Waals surface area contributed by atoms with Gasteiger partial charge in [0.25, 0.3) is 0 Å². The second kappa shape index (κ2) is 5.54. The van der Waals surface area contributed by atoms with Gasteiger partial charge >= 0.3 is 0 Å². The molecule has 0 spiro atoms. The van der Waals surface area contributed by atoms with Gasteiger partial charge in [0.15, 0.2) is 0 Å². The summed E-state index contributed by atoms with van der Waals surface area (Å²) in [6.45, 7) is 5.47. The van der Waals surface area contributed by atoms with Crippen LogP contribution in [0, 0.1) is 5.41 Å². The molecule has 0 bridgehead atoms. The third-order valence-electron chi connectivity index (χ3n) is 4.82. The zero-order chi connectivity index (χ0) is 13.1. The van der Waals surface area contributed by atoms with Crippen LogP contribution in [0.3, 0.4) is 0 Å². The monoisotopic (exact) mass is 259 g/mol. The van der Waals surface area contributed by atoms with Gasteiger partial charge in [-0.3, -0.25) is 0 Å². The topological polar surface area (TPSA) is 21.3 Å². The van der Waals surface area contributed by atoms with Crippen molar-refractivity contribution >= 4 is 0 Å². The van der Waals surface area contributed by atoms with Gasteiger partial charge in [-0.2, -0.15) is 0 Å². The van der Waals surface area contributed by atoms with E-state index >= 15 is 0 Å². The summed E-state index contributed by atoms with van der Waals surface area (Å²) in [7, 11) is 0. The molecule has 0 radical (unpaired) electrons. The molecule has 0 amide bonds. The van der Waals surface area contributed by atoms with Gasteiger partial charge < -0.3 is 10.1 Å². The number of para-hydroxylation sites is 1. The first-order valence-corrected chi connectivity index (χ1v) is 7.75. The van der Waals surface area contributed by atoms with Crippen LogP contribution in [-0.2, 0) is 0 Å². The van der Waals surface area contributed by atoms with Crippen LogP contribution < -0.4 is 10.1 Å². The maximum Gasteiger partial charge on any atom is 0.122 e. The molecule has 19 heavy (non-hydrogen) atoms. The highest BCUT2D eigenvalue weighted by molar-refractivity contribution is 5.39. The average Bonchev–Trinajstić information content (AvgIpc) is 2.79. The Hall–Kier alpha value is -1.02. The van der Waals surface area contributed by atoms with E-state index < -0.39 is 0 Å². The summed E-state index contributed by atoms with van der Waals surface area (Å²) < 4.78 is 5.83. The molecule has 0 saturated heterocycles. The normalized spacial score (nSPS) is 23.5. The molecule has 1 saturated carbocycles. The van der Waals surface area contributed by atoms with Crippen LogP contribution in [0.4, 0.5) is 0 Å². The van der Waals surface area contributed by atoms with Crippen molar-refractivity contribution in [3.05, 3.63) is 29.8 Å². The molecule has 1 N–H and O–H groups in total. The van der Waals surface area contributed by atoms with Gasteiger partial charge in [0, 0.05) is 18.0 Å². The summed E-state index contributed by atoms with van der Waals surface area (Å²) in [4.78, 5) is 0. The van der Waals surface area contributed by atoms with Gasteiger partial charge in [-0.15, -0.1) is 0 Å². The minimum Gasteiger partial charge on any atom is -0.493 e. The summed E-state index contributed by atoms with van der Waals surface area (Å²) in [5.41, 5.74) is 1.98. The first-order chi connectivity index (χ1) is 9.33. The van der Waals surface area contributed by atoms with Crippen LogP contribution in [0.2, 0.25) is 0 Å². The first kappa shape index (κ1) is 13.0. The fourth-order valence-electron chi connectivity index (χ4n) is 3.58. The molecular formula is C17H25NO. The minimum absolute atomic E-state index is 0.542. The van der Waals surface area contributed by atoms with Gasteiger partial charge in [-0.25, -0.2) is 0 Å². The first-order valence-electron chi connectivity index (χ1n) is 7.75. The summed E-state index contributed by atoms with van der Waals surface area (Å²) >= 11 is 0. The second-order valence-electron chi connectivity index (χ2n) is 6.28.